The molecule has 1 aliphatic carbocycles. The lowest BCUT2D eigenvalue weighted by molar-refractivity contribution is -0.937. The third kappa shape index (κ3) is 2.34. The van der Waals surface area contributed by atoms with Crippen molar-refractivity contribution in [2.75, 3.05) is 4.90 Å². The normalized spacial score (nSPS) is 23.0. The van der Waals surface area contributed by atoms with Crippen molar-refractivity contribution >= 4 is 17.2 Å². The summed E-state index contributed by atoms with van der Waals surface area (Å²) in [5.41, 5.74) is 13.3. The van der Waals surface area contributed by atoms with Crippen LogP contribution in [0.2, 0.25) is 0 Å². The SMILES string of the molecule is CC1(C)c2cccc3c2N2c4c1ccc1c4C45c6c(cccc6Oc6cc(C7CCCCC7)cc([n+]64)-c4ccc(c2[n+]45)C3(C)C)O1. The van der Waals surface area contributed by atoms with Crippen molar-refractivity contribution in [3.05, 3.63) is 112 Å². The summed E-state index contributed by atoms with van der Waals surface area (Å²) in [6.07, 6.45) is 6.45. The first kappa shape index (κ1) is 24.6. The number of para-hydroxylation sites is 1. The molecular formula is C41H35N3O2+2. The molecule has 2 aromatic heterocycles. The quantitative estimate of drug-likeness (QED) is 0.176. The van der Waals surface area contributed by atoms with Crippen LogP contribution in [0.4, 0.5) is 17.2 Å². The van der Waals surface area contributed by atoms with Gasteiger partial charge in [0.25, 0.3) is 11.5 Å². The molecule has 7 aliphatic rings. The van der Waals surface area contributed by atoms with Gasteiger partial charge in [0, 0.05) is 33.6 Å². The van der Waals surface area contributed by atoms with Gasteiger partial charge in [-0.05, 0) is 54.7 Å². The Balaban J connectivity index is 1.32. The molecular weight excluding hydrogens is 566 g/mol. The molecule has 12 rings (SSSR count). The van der Waals surface area contributed by atoms with Gasteiger partial charge in [-0.1, -0.05) is 77.3 Å². The Morgan fingerprint density at radius 3 is 2.11 bits per heavy atom. The number of pyridine rings is 2. The molecule has 0 radical (unpaired) electrons. The fourth-order valence-electron chi connectivity index (χ4n) is 10.7. The third-order valence-electron chi connectivity index (χ3n) is 12.8. The molecule has 1 spiro atoms. The Bertz CT molecular complexity index is 2310. The van der Waals surface area contributed by atoms with E-state index in [9.17, 15) is 0 Å². The molecule has 1 saturated carbocycles. The van der Waals surface area contributed by atoms with Gasteiger partial charge < -0.3 is 9.47 Å². The van der Waals surface area contributed by atoms with Gasteiger partial charge in [-0.25, -0.2) is 0 Å². The van der Waals surface area contributed by atoms with Gasteiger partial charge in [-0.2, -0.15) is 4.90 Å². The van der Waals surface area contributed by atoms with Crippen LogP contribution in [-0.2, 0) is 16.5 Å². The summed E-state index contributed by atoms with van der Waals surface area (Å²) in [5.74, 6) is 5.49. The van der Waals surface area contributed by atoms with Gasteiger partial charge in [0.2, 0.25) is 5.69 Å². The zero-order chi connectivity index (χ0) is 30.5. The molecule has 0 bridgehead atoms. The number of rotatable bonds is 1. The summed E-state index contributed by atoms with van der Waals surface area (Å²) in [4.78, 5) is 2.63. The standard InChI is InChI=1S/C41H35N3O2/c1-39(2)24-12-8-13-25-36(24)42-37-26(39)17-19-32-35(37)41-34-30(45-32)14-9-15-31(34)46-33-21-23(22-10-6-5-7-11-22)20-29(43(33)41)28-18-16-27(40(25,3)4)38(42)44(28)41/h8-9,12-22H,5-7,10-11H2,1-4H3/q+2. The van der Waals surface area contributed by atoms with Crippen molar-refractivity contribution in [1.29, 1.82) is 0 Å². The second kappa shape index (κ2) is 7.33. The molecule has 1 fully saturated rings. The van der Waals surface area contributed by atoms with Crippen LogP contribution < -0.4 is 23.5 Å². The van der Waals surface area contributed by atoms with Crippen LogP contribution in [0.15, 0.2) is 72.8 Å². The lowest BCUT2D eigenvalue weighted by atomic mass is 9.64. The zero-order valence-corrected chi connectivity index (χ0v) is 26.7. The number of hydrogen-bond acceptors (Lipinski definition) is 3. The molecule has 224 valence electrons. The van der Waals surface area contributed by atoms with Crippen molar-refractivity contribution in [3.63, 3.8) is 0 Å². The Kier molecular flexibility index (Phi) is 3.92. The molecule has 46 heavy (non-hydrogen) atoms. The van der Waals surface area contributed by atoms with E-state index >= 15 is 0 Å². The average Bonchev–Trinajstić information content (AvgIpc) is 3.36. The Morgan fingerprint density at radius 2 is 1.30 bits per heavy atom. The topological polar surface area (TPSA) is 29.5 Å². The molecule has 5 aromatic rings. The highest BCUT2D eigenvalue weighted by molar-refractivity contribution is 5.95. The maximum Gasteiger partial charge on any atom is 0.381 e. The number of hydrogen-bond donors (Lipinski definition) is 0. The van der Waals surface area contributed by atoms with Crippen LogP contribution in [0.1, 0.15) is 105 Å². The summed E-state index contributed by atoms with van der Waals surface area (Å²) in [6, 6.07) is 27.6. The molecule has 8 heterocycles. The fraction of sp³-hybridized carbons (Fsp3) is 0.317. The lowest BCUT2D eigenvalue weighted by Gasteiger charge is -2.49. The first-order valence-corrected chi connectivity index (χ1v) is 17.1. The summed E-state index contributed by atoms with van der Waals surface area (Å²) >= 11 is 0. The molecule has 3 aromatic carbocycles. The predicted molar refractivity (Wildman–Crippen MR) is 175 cm³/mol. The van der Waals surface area contributed by atoms with Crippen LogP contribution in [0.5, 0.6) is 23.1 Å². The number of fused-ring (bicyclic) bond motifs is 1. The molecule has 5 nitrogen and oxygen atoms in total. The maximum atomic E-state index is 6.98. The average molecular weight is 602 g/mol. The van der Waals surface area contributed by atoms with Gasteiger partial charge in [0.15, 0.2) is 22.6 Å². The van der Waals surface area contributed by atoms with E-state index in [1.807, 2.05) is 0 Å². The molecule has 0 saturated heterocycles. The van der Waals surface area contributed by atoms with E-state index in [0.717, 1.165) is 28.7 Å². The van der Waals surface area contributed by atoms with Crippen molar-refractivity contribution in [2.45, 2.75) is 82.2 Å². The summed E-state index contributed by atoms with van der Waals surface area (Å²) in [7, 11) is 0. The minimum absolute atomic E-state index is 0.188. The Hall–Kier alpha value is -4.64. The molecule has 5 heteroatoms. The van der Waals surface area contributed by atoms with E-state index in [0.29, 0.717) is 5.92 Å². The minimum atomic E-state index is -0.661. The highest BCUT2D eigenvalue weighted by atomic mass is 16.5. The Morgan fingerprint density at radius 1 is 0.630 bits per heavy atom. The number of nitrogens with zero attached hydrogens (tertiary/aromatic N) is 3. The van der Waals surface area contributed by atoms with E-state index in [2.05, 4.69) is 115 Å². The highest BCUT2D eigenvalue weighted by Gasteiger charge is 2.75. The monoisotopic (exact) mass is 601 g/mol. The van der Waals surface area contributed by atoms with E-state index in [1.54, 1.807) is 0 Å². The van der Waals surface area contributed by atoms with Gasteiger partial charge in [-0.3, -0.25) is 0 Å². The van der Waals surface area contributed by atoms with Gasteiger partial charge in [0.05, 0.1) is 11.6 Å². The van der Waals surface area contributed by atoms with Crippen LogP contribution >= 0.6 is 0 Å². The van der Waals surface area contributed by atoms with Gasteiger partial charge >= 0.3 is 11.5 Å². The number of anilines is 3. The molecule has 6 aliphatic heterocycles. The predicted octanol–water partition coefficient (Wildman–Crippen LogP) is 8.86. The first-order chi connectivity index (χ1) is 22.3. The minimum Gasteiger partial charge on any atom is -0.455 e. The van der Waals surface area contributed by atoms with E-state index < -0.39 is 5.66 Å². The number of aromatic nitrogens is 2. The lowest BCUT2D eigenvalue weighted by Crippen LogP contribution is -2.76. The van der Waals surface area contributed by atoms with Crippen molar-refractivity contribution in [3.8, 4) is 34.5 Å². The number of benzene rings is 3. The molecule has 0 amide bonds. The largest absolute Gasteiger partial charge is 0.455 e. The van der Waals surface area contributed by atoms with Gasteiger partial charge in [-0.15, -0.1) is 9.13 Å². The summed E-state index contributed by atoms with van der Waals surface area (Å²) in [6.45, 7) is 9.64. The van der Waals surface area contributed by atoms with Crippen LogP contribution in [0.25, 0.3) is 11.4 Å². The Labute approximate surface area is 268 Å². The second-order valence-corrected chi connectivity index (χ2v) is 15.6. The van der Waals surface area contributed by atoms with Gasteiger partial charge in [0.1, 0.15) is 17.2 Å². The molecule has 0 N–H and O–H groups in total. The molecule has 1 unspecified atom stereocenters. The van der Waals surface area contributed by atoms with Crippen molar-refractivity contribution < 1.29 is 18.6 Å². The third-order valence-corrected chi connectivity index (χ3v) is 12.8. The smallest absolute Gasteiger partial charge is 0.381 e. The maximum absolute atomic E-state index is 6.98. The summed E-state index contributed by atoms with van der Waals surface area (Å²) < 4.78 is 19.1. The first-order valence-electron chi connectivity index (χ1n) is 17.1. The van der Waals surface area contributed by atoms with E-state index in [4.69, 9.17) is 9.47 Å². The fourth-order valence-corrected chi connectivity index (χ4v) is 10.7. The van der Waals surface area contributed by atoms with Crippen molar-refractivity contribution in [1.82, 2.24) is 0 Å². The van der Waals surface area contributed by atoms with Crippen LogP contribution in [0, 0.1) is 0 Å². The van der Waals surface area contributed by atoms with Crippen LogP contribution in [-0.4, -0.2) is 0 Å². The zero-order valence-electron chi connectivity index (χ0n) is 26.7. The second-order valence-electron chi connectivity index (χ2n) is 15.6. The van der Waals surface area contributed by atoms with E-state index in [-0.39, 0.29) is 10.8 Å². The van der Waals surface area contributed by atoms with Crippen LogP contribution in [0.3, 0.4) is 0 Å². The molecule has 1 atom stereocenters. The summed E-state index contributed by atoms with van der Waals surface area (Å²) in [5, 5.41) is 0. The van der Waals surface area contributed by atoms with E-state index in [1.165, 1.54) is 94.1 Å². The highest BCUT2D eigenvalue weighted by Crippen LogP contribution is 2.68. The number of ether oxygens (including phenoxy) is 2. The van der Waals surface area contributed by atoms with Crippen molar-refractivity contribution in [2.24, 2.45) is 0 Å².